The molecule has 15 atom stereocenters. The maximum absolute atomic E-state index is 14.4. The quantitative estimate of drug-likeness (QED) is 0.0481. The van der Waals surface area contributed by atoms with Crippen molar-refractivity contribution in [3.05, 3.63) is 75.8 Å². The van der Waals surface area contributed by atoms with Crippen LogP contribution in [0.1, 0.15) is 150 Å². The number of primary amides is 6. The van der Waals surface area contributed by atoms with Crippen LogP contribution in [0.5, 0.6) is 0 Å². The molecule has 6 aliphatic rings. The van der Waals surface area contributed by atoms with Crippen LogP contribution in [-0.2, 0) is 68.7 Å². The number of carbonyl (C=O) groups excluding carboxylic acids is 7. The van der Waals surface area contributed by atoms with Crippen molar-refractivity contribution < 1.29 is 83.8 Å². The molecule has 0 aliphatic carbocycles. The molecule has 28 nitrogen and oxygen atoms in total. The summed E-state index contributed by atoms with van der Waals surface area (Å²) in [5.41, 5.74) is 36.7. The summed E-state index contributed by atoms with van der Waals surface area (Å²) in [6.07, 6.45) is -4.79. The van der Waals surface area contributed by atoms with Gasteiger partial charge >= 0.3 is 16.8 Å². The number of rotatable bonds is 26. The number of aliphatic hydroxyl groups is 2. The summed E-state index contributed by atoms with van der Waals surface area (Å²) in [6, 6.07) is 2.65. The zero-order chi connectivity index (χ0) is 68.7. The van der Waals surface area contributed by atoms with Gasteiger partial charge in [-0.1, -0.05) is 40.7 Å². The number of hydrogen-bond donors (Lipinski definition) is 9. The Hall–Kier alpha value is -7.00. The van der Waals surface area contributed by atoms with E-state index in [1.54, 1.807) is 6.92 Å². The van der Waals surface area contributed by atoms with E-state index in [9.17, 15) is 53.2 Å². The Morgan fingerprint density at radius 1 is 0.806 bits per heavy atom. The number of hydrogen-bond acceptors (Lipinski definition) is 19. The number of ether oxygens (including phenoxy) is 1. The second-order valence-electron chi connectivity index (χ2n) is 27.0. The summed E-state index contributed by atoms with van der Waals surface area (Å²) in [5.74, 6) is -7.40. The molecule has 8 rings (SSSR count). The average molecular weight is 1360 g/mol. The van der Waals surface area contributed by atoms with E-state index >= 15 is 0 Å². The maximum Gasteiger partial charge on any atom is 3.00 e. The van der Waals surface area contributed by atoms with Gasteiger partial charge in [0.25, 0.3) is 7.82 Å². The van der Waals surface area contributed by atoms with Crippen molar-refractivity contribution >= 4 is 77.3 Å². The number of allylic oxidation sites excluding steroid dienone is 6. The third-order valence-electron chi connectivity index (χ3n) is 20.5. The van der Waals surface area contributed by atoms with Crippen molar-refractivity contribution in [2.75, 3.05) is 13.2 Å². The molecule has 7 amide bonds. The summed E-state index contributed by atoms with van der Waals surface area (Å²) in [6.45, 7) is 23.7. The van der Waals surface area contributed by atoms with Gasteiger partial charge in [0.2, 0.25) is 41.4 Å². The van der Waals surface area contributed by atoms with Crippen LogP contribution < -0.4 is 44.6 Å². The van der Waals surface area contributed by atoms with Crippen molar-refractivity contribution in [1.82, 2.24) is 14.9 Å². The molecule has 0 radical (unpaired) electrons. The van der Waals surface area contributed by atoms with Crippen molar-refractivity contribution in [3.63, 3.8) is 0 Å². The van der Waals surface area contributed by atoms with E-state index in [0.29, 0.717) is 56.4 Å². The van der Waals surface area contributed by atoms with E-state index in [1.165, 1.54) is 17.8 Å². The second kappa shape index (κ2) is 28.5. The normalized spacial score (nSPS) is 31.0. The minimum atomic E-state index is -5.32. The van der Waals surface area contributed by atoms with Crippen molar-refractivity contribution in [1.29, 1.82) is 5.26 Å². The van der Waals surface area contributed by atoms with E-state index in [2.05, 4.69) is 10.3 Å². The molecule has 508 valence electrons. The molecule has 8 bridgehead atoms. The molecule has 2 unspecified atom stereocenters. The minimum absolute atomic E-state index is 0. The fraction of sp³-hybridized carbons (Fsp3) is 0.619. The van der Waals surface area contributed by atoms with Gasteiger partial charge in [0.05, 0.1) is 41.3 Å². The first-order chi connectivity index (χ1) is 42.8. The van der Waals surface area contributed by atoms with E-state index in [4.69, 9.17) is 80.3 Å². The third kappa shape index (κ3) is 14.6. The molecule has 1 aromatic carbocycles. The standard InChI is InChI=1S/C62H90N13O14P.CN.Co/c1-29-20-39-40(21-30(29)2)75(28-70-39)57-52(84)53(41(27-76)87-57)89-90(85,86)88-31(3)26-69-49(83)18-19-59(8)37(22-46(66)80)56-62(11)61(10,25-48(68)82)36(14-17-45(65)79)51(74-62)33(5)55-60(9,24-47(67)81)34(12-15-43(63)77)38(71-55)23-42-58(6,7)35(13-16-44(64)78)50(72-42)32(4)54(59)73-56;1-2;/h20-21,23,28,31,34-37,41,52-53,56-57,76,84H,12-19,22,24-27H2,1-11H3,(H15,63,64,65,66,67,68,69,71,72,73,74,77,78,79,80,81,82,83,85,86);;/q;-1;+3/p-2/t31-,34-,35-,36-,37+,41-,52-,53-,56?,57+,59-,60+,61+,62+;;/m1../s1. The van der Waals surface area contributed by atoms with Crippen LogP contribution >= 0.6 is 7.82 Å². The van der Waals surface area contributed by atoms with Crippen LogP contribution in [0, 0.1) is 71.0 Å². The van der Waals surface area contributed by atoms with E-state index in [0.717, 1.165) is 11.1 Å². The van der Waals surface area contributed by atoms with Gasteiger partial charge in [-0.2, -0.15) is 5.70 Å². The summed E-state index contributed by atoms with van der Waals surface area (Å²) >= 11 is 0. The Morgan fingerprint density at radius 2 is 1.39 bits per heavy atom. The largest absolute Gasteiger partial charge is 3.00 e. The van der Waals surface area contributed by atoms with Gasteiger partial charge in [-0.3, -0.25) is 53.1 Å². The zero-order valence-corrected chi connectivity index (χ0v) is 56.4. The van der Waals surface area contributed by atoms with E-state index in [1.807, 2.05) is 80.5 Å². The van der Waals surface area contributed by atoms with Crippen LogP contribution in [0.15, 0.2) is 67.8 Å². The number of aromatic nitrogens is 2. The van der Waals surface area contributed by atoms with Gasteiger partial charge in [0.15, 0.2) is 6.23 Å². The monoisotopic (exact) mass is 1350 g/mol. The van der Waals surface area contributed by atoms with E-state index < -0.39 is 143 Å². The van der Waals surface area contributed by atoms with Crippen molar-refractivity contribution in [3.8, 4) is 0 Å². The summed E-state index contributed by atoms with van der Waals surface area (Å²) in [4.78, 5) is 128. The zero-order valence-electron chi connectivity index (χ0n) is 54.4. The minimum Gasteiger partial charge on any atom is -0.756 e. The Balaban J connectivity index is 0.00000453. The molecule has 0 saturated carbocycles. The van der Waals surface area contributed by atoms with Crippen LogP contribution in [0.2, 0.25) is 0 Å². The van der Waals surface area contributed by atoms with Crippen LogP contribution in [0.25, 0.3) is 16.4 Å². The molecule has 30 heteroatoms. The summed E-state index contributed by atoms with van der Waals surface area (Å²) in [5, 5.41) is 36.4. The first kappa shape index (κ1) is 75.0. The summed E-state index contributed by atoms with van der Waals surface area (Å²) < 4.78 is 31.9. The van der Waals surface area contributed by atoms with Gasteiger partial charge in [-0.15, -0.1) is 0 Å². The van der Waals surface area contributed by atoms with E-state index in [-0.39, 0.29) is 94.0 Å². The van der Waals surface area contributed by atoms with Crippen LogP contribution in [-0.4, -0.2) is 127 Å². The van der Waals surface area contributed by atoms with Gasteiger partial charge in [-0.05, 0) is 119 Å². The fourth-order valence-corrected chi connectivity index (χ4v) is 16.4. The molecule has 2 fully saturated rings. The molecule has 93 heavy (non-hydrogen) atoms. The molecule has 6 aliphatic heterocycles. The molecule has 7 heterocycles. The van der Waals surface area contributed by atoms with Gasteiger partial charge in [0.1, 0.15) is 18.3 Å². The number of aliphatic imine (C=N–C) groups is 3. The van der Waals surface area contributed by atoms with Crippen LogP contribution in [0.4, 0.5) is 0 Å². The SMILES string of the molecule is CC1=C2[N-]C([C@H](CC(N)=O)[C@@]2(C)CCC(=O)NC[C@@H](C)OP(=O)([O-])O[C@H]2[C@@H](O)[C@@H](n3cnc4cc(C)c(C)cc43)O[C@@H]2CO)[C@]2(C)N=C(C(C)=C3N=C(C=C4N=C1[C@@H](CCC(N)=O)C4(C)C)[C@@H](CCC(N)=O)[C@]3(C)CC(N)=O)[C@@H](CCC(N)=O)[C@]2(C)CC(N)=O.[C-]#N.[Co+3]. The van der Waals surface area contributed by atoms with Gasteiger partial charge in [0, 0.05) is 108 Å². The van der Waals surface area contributed by atoms with Crippen molar-refractivity contribution in [2.24, 2.45) is 94.7 Å². The molecule has 15 N–H and O–H groups in total. The molecule has 0 spiro atoms. The smallest absolute Gasteiger partial charge is 0.756 e. The number of phosphoric acid groups is 1. The first-order valence-electron chi connectivity index (χ1n) is 30.7. The third-order valence-corrected chi connectivity index (χ3v) is 21.6. The number of aliphatic hydroxyl groups excluding tert-OH is 2. The molecular formula is C63H88CoN14O14P. The molecule has 1 aromatic heterocycles. The number of carbonyl (C=O) groups is 7. The number of phosphoric ester groups is 1. The predicted octanol–water partition coefficient (Wildman–Crippen LogP) is 3.41. The number of nitrogens with one attached hydrogen (secondary N) is 1. The van der Waals surface area contributed by atoms with Crippen LogP contribution in [0.3, 0.4) is 0 Å². The molecule has 2 aromatic rings. The van der Waals surface area contributed by atoms with Crippen molar-refractivity contribution in [2.45, 2.75) is 189 Å². The number of amides is 7. The Bertz CT molecular complexity index is 3600. The maximum atomic E-state index is 14.4. The number of imidazole rings is 1. The number of benzene rings is 1. The average Bonchev–Trinajstić information content (AvgIpc) is 1.53. The Kier molecular flexibility index (Phi) is 23.0. The molecular weight excluding hydrogens is 1270 g/mol. The second-order valence-corrected chi connectivity index (χ2v) is 28.3. The summed E-state index contributed by atoms with van der Waals surface area (Å²) in [7, 11) is -5.32. The topological polar surface area (TPSA) is 489 Å². The number of nitrogens with zero attached hydrogens (tertiary/aromatic N) is 7. The molecule has 2 saturated heterocycles. The van der Waals surface area contributed by atoms with Gasteiger partial charge in [-0.25, -0.2) is 4.98 Å². The number of fused-ring (bicyclic) bond motifs is 7. The number of aryl methyl sites for hydroxylation is 2. The Labute approximate surface area is 551 Å². The number of nitrogens with two attached hydrogens (primary N) is 6. The predicted molar refractivity (Wildman–Crippen MR) is 337 cm³/mol. The fourth-order valence-electron chi connectivity index (χ4n) is 15.3. The van der Waals surface area contributed by atoms with Gasteiger partial charge < -0.3 is 90.3 Å². The Morgan fingerprint density at radius 3 is 1.96 bits per heavy atom. The first-order valence-corrected chi connectivity index (χ1v) is 32.2.